The largest absolute Gasteiger partial charge is 0.472 e. The molecular weight excluding hydrogens is 798 g/mol. The van der Waals surface area contributed by atoms with E-state index in [-0.39, 0.29) is 25.7 Å². The van der Waals surface area contributed by atoms with Gasteiger partial charge in [-0.3, -0.25) is 23.2 Å². The van der Waals surface area contributed by atoms with E-state index in [9.17, 15) is 44.0 Å². The van der Waals surface area contributed by atoms with E-state index in [0.29, 0.717) is 12.8 Å². The van der Waals surface area contributed by atoms with Crippen molar-refractivity contribution in [2.75, 3.05) is 26.4 Å². The van der Waals surface area contributed by atoms with Gasteiger partial charge in [0.15, 0.2) is 6.10 Å². The van der Waals surface area contributed by atoms with Gasteiger partial charge in [0.1, 0.15) is 12.7 Å². The first kappa shape index (κ1) is 55.7. The summed E-state index contributed by atoms with van der Waals surface area (Å²) in [7, 11) is -9.81. The molecule has 0 aliphatic carbocycles. The van der Waals surface area contributed by atoms with Gasteiger partial charge in [-0.05, 0) is 38.0 Å². The molecule has 7 N–H and O–H groups in total. The number of aliphatic hydroxyl groups is 4. The average Bonchev–Trinajstić information content (AvgIpc) is 3.15. The molecule has 0 bridgehead atoms. The van der Waals surface area contributed by atoms with Crippen molar-refractivity contribution >= 4 is 27.6 Å². The number of unbranched alkanes of at least 4 members (excludes halogenated alkanes) is 7. The number of esters is 2. The summed E-state index contributed by atoms with van der Waals surface area (Å²) in [4.78, 5) is 52.6. The molecule has 0 rings (SSSR count). The number of allylic oxidation sites excluding steroid dienone is 7. The minimum Gasteiger partial charge on any atom is -0.462 e. The third kappa shape index (κ3) is 36.8. The van der Waals surface area contributed by atoms with Crippen LogP contribution in [0.5, 0.6) is 0 Å². The molecule has 0 heterocycles. The highest BCUT2D eigenvalue weighted by Gasteiger charge is 2.28. The van der Waals surface area contributed by atoms with Gasteiger partial charge in [0.05, 0.1) is 38.1 Å². The Morgan fingerprint density at radius 3 is 1.79 bits per heavy atom. The van der Waals surface area contributed by atoms with E-state index in [0.717, 1.165) is 38.0 Å². The quantitative estimate of drug-likeness (QED) is 0.0118. The third-order valence-corrected chi connectivity index (χ3v) is 9.62. The molecule has 336 valence electrons. The SMILES string of the molecule is CC/C=C\C[C@H](O)/C=C/C=C/C=C\C=C/[C@@H](O)[C@H](O)CCCC(=O)O[C@H](COC(=O)CCCCCCCCCCC(C)C)COP(=O)(O)OC[C@@H](O)COP(=O)(O)O. The maximum Gasteiger partial charge on any atom is 0.472 e. The number of rotatable bonds is 36. The van der Waals surface area contributed by atoms with Gasteiger partial charge >= 0.3 is 27.6 Å². The van der Waals surface area contributed by atoms with E-state index in [2.05, 4.69) is 22.9 Å². The van der Waals surface area contributed by atoms with Crippen molar-refractivity contribution in [1.82, 2.24) is 0 Å². The van der Waals surface area contributed by atoms with Crippen molar-refractivity contribution in [3.63, 3.8) is 0 Å². The number of phosphoric ester groups is 2. The molecule has 18 heteroatoms. The molecule has 1 unspecified atom stereocenters. The molecule has 0 amide bonds. The van der Waals surface area contributed by atoms with Crippen LogP contribution in [-0.4, -0.2) is 104 Å². The minimum absolute atomic E-state index is 0.0207. The molecule has 0 aliphatic heterocycles. The maximum absolute atomic E-state index is 12.7. The second-order valence-corrected chi connectivity index (χ2v) is 16.9. The van der Waals surface area contributed by atoms with Crippen molar-refractivity contribution in [2.45, 2.75) is 148 Å². The molecule has 0 fully saturated rings. The minimum atomic E-state index is -4.90. The van der Waals surface area contributed by atoms with Gasteiger partial charge in [0.25, 0.3) is 0 Å². The summed E-state index contributed by atoms with van der Waals surface area (Å²) in [6, 6.07) is 0. The Bertz CT molecular complexity index is 1330. The Hall–Kier alpha value is -2.30. The van der Waals surface area contributed by atoms with Gasteiger partial charge < -0.3 is 44.6 Å². The number of ether oxygens (including phenoxy) is 2. The Labute approximate surface area is 344 Å². The van der Waals surface area contributed by atoms with E-state index in [1.807, 2.05) is 19.1 Å². The molecule has 0 spiro atoms. The van der Waals surface area contributed by atoms with Crippen LogP contribution in [0, 0.1) is 5.92 Å². The Kier molecular flexibility index (Phi) is 33.1. The van der Waals surface area contributed by atoms with Crippen LogP contribution in [0.1, 0.15) is 117 Å². The van der Waals surface area contributed by atoms with E-state index >= 15 is 0 Å². The summed E-state index contributed by atoms with van der Waals surface area (Å²) in [6.07, 6.45) is 22.0. The lowest BCUT2D eigenvalue weighted by Gasteiger charge is -2.21. The molecule has 0 aromatic heterocycles. The van der Waals surface area contributed by atoms with Crippen molar-refractivity contribution in [3.05, 3.63) is 60.8 Å². The summed E-state index contributed by atoms with van der Waals surface area (Å²) in [5.74, 6) is -0.654. The smallest absolute Gasteiger partial charge is 0.462 e. The van der Waals surface area contributed by atoms with Crippen molar-refractivity contribution in [3.8, 4) is 0 Å². The normalized spacial score (nSPS) is 16.5. The van der Waals surface area contributed by atoms with Gasteiger partial charge in [0, 0.05) is 12.8 Å². The van der Waals surface area contributed by atoms with Crippen LogP contribution >= 0.6 is 15.6 Å². The summed E-state index contributed by atoms with van der Waals surface area (Å²) < 4.78 is 47.4. The van der Waals surface area contributed by atoms with Gasteiger partial charge in [-0.15, -0.1) is 0 Å². The fourth-order valence-electron chi connectivity index (χ4n) is 4.99. The summed E-state index contributed by atoms with van der Waals surface area (Å²) in [5, 5.41) is 40.1. The maximum atomic E-state index is 12.7. The Morgan fingerprint density at radius 1 is 0.621 bits per heavy atom. The Balaban J connectivity index is 4.92. The predicted molar refractivity (Wildman–Crippen MR) is 220 cm³/mol. The van der Waals surface area contributed by atoms with Crippen LogP contribution in [0.25, 0.3) is 0 Å². The van der Waals surface area contributed by atoms with Gasteiger partial charge in [-0.25, -0.2) is 9.13 Å². The second-order valence-electron chi connectivity index (χ2n) is 14.2. The van der Waals surface area contributed by atoms with E-state index in [4.69, 9.17) is 23.8 Å². The predicted octanol–water partition coefficient (Wildman–Crippen LogP) is 6.44. The topological polar surface area (TPSA) is 256 Å². The molecule has 0 saturated carbocycles. The summed E-state index contributed by atoms with van der Waals surface area (Å²) >= 11 is 0. The van der Waals surface area contributed by atoms with E-state index in [1.165, 1.54) is 31.8 Å². The highest BCUT2D eigenvalue weighted by Crippen LogP contribution is 2.43. The monoisotopic (exact) mass is 868 g/mol. The molecule has 6 atom stereocenters. The fraction of sp³-hybridized carbons (Fsp3) is 0.700. The zero-order valence-electron chi connectivity index (χ0n) is 34.4. The number of phosphoric acid groups is 2. The molecule has 0 saturated heterocycles. The van der Waals surface area contributed by atoms with Crippen LogP contribution < -0.4 is 0 Å². The first-order chi connectivity index (χ1) is 27.4. The molecule has 16 nitrogen and oxygen atoms in total. The highest BCUT2D eigenvalue weighted by molar-refractivity contribution is 7.47. The number of carbonyl (C=O) groups is 2. The fourth-order valence-corrected chi connectivity index (χ4v) is 6.15. The lowest BCUT2D eigenvalue weighted by molar-refractivity contribution is -0.161. The number of hydrogen-bond donors (Lipinski definition) is 7. The first-order valence-electron chi connectivity index (χ1n) is 20.2. The molecule has 0 radical (unpaired) electrons. The van der Waals surface area contributed by atoms with Crippen LogP contribution in [0.3, 0.4) is 0 Å². The van der Waals surface area contributed by atoms with Crippen LogP contribution in [0.4, 0.5) is 0 Å². The first-order valence-corrected chi connectivity index (χ1v) is 23.2. The number of carbonyl (C=O) groups excluding carboxylic acids is 2. The van der Waals surface area contributed by atoms with Crippen LogP contribution in [0.2, 0.25) is 0 Å². The molecule has 0 aromatic rings. The molecule has 58 heavy (non-hydrogen) atoms. The highest BCUT2D eigenvalue weighted by atomic mass is 31.2. The standard InChI is InChI=1S/C40H70O16P2/c1-4-5-16-23-34(41)24-18-13-10-11-14-19-25-37(43)38(44)26-21-28-40(46)56-36(32-55-58(50,51)54-30-35(42)29-53-57(47,48)49)31-52-39(45)27-20-15-9-7-6-8-12-17-22-33(2)3/h5,10-11,13-14,16,18-19,24-25,33-38,41-44H,4,6-9,12,15,17,20-23,26-32H2,1-3H3,(H,50,51)(H2,47,48,49)/b13-10+,14-11-,16-5-,24-18+,25-19-/t34-,35-,36+,37+,38+/m0/s1. The van der Waals surface area contributed by atoms with E-state index < -0.39 is 84.5 Å². The van der Waals surface area contributed by atoms with Crippen LogP contribution in [-0.2, 0) is 41.8 Å². The van der Waals surface area contributed by atoms with Gasteiger partial charge in [-0.1, -0.05) is 133 Å². The van der Waals surface area contributed by atoms with Crippen molar-refractivity contribution in [1.29, 1.82) is 0 Å². The molecular formula is C40H70O16P2. The van der Waals surface area contributed by atoms with Crippen molar-refractivity contribution in [2.24, 2.45) is 5.92 Å². The molecule has 0 aromatic carbocycles. The van der Waals surface area contributed by atoms with Gasteiger partial charge in [-0.2, -0.15) is 0 Å². The van der Waals surface area contributed by atoms with Gasteiger partial charge in [0.2, 0.25) is 0 Å². The Morgan fingerprint density at radius 2 is 1.17 bits per heavy atom. The zero-order chi connectivity index (χ0) is 43.7. The lowest BCUT2D eigenvalue weighted by Crippen LogP contribution is -2.30. The number of hydrogen-bond acceptors (Lipinski definition) is 13. The summed E-state index contributed by atoms with van der Waals surface area (Å²) in [6.45, 7) is 3.38. The molecule has 0 aliphatic rings. The van der Waals surface area contributed by atoms with Crippen molar-refractivity contribution < 1.29 is 76.9 Å². The van der Waals surface area contributed by atoms with Crippen LogP contribution in [0.15, 0.2) is 60.8 Å². The lowest BCUT2D eigenvalue weighted by atomic mass is 10.0. The summed E-state index contributed by atoms with van der Waals surface area (Å²) in [5.41, 5.74) is 0. The third-order valence-electron chi connectivity index (χ3n) is 8.18. The van der Waals surface area contributed by atoms with E-state index in [1.54, 1.807) is 42.5 Å². The zero-order valence-corrected chi connectivity index (χ0v) is 36.2. The second kappa shape index (κ2) is 34.4. The average molecular weight is 869 g/mol. The number of aliphatic hydroxyl groups excluding tert-OH is 4.